The second-order valence-electron chi connectivity index (χ2n) is 5.67. The Hall–Kier alpha value is -1.06. The summed E-state index contributed by atoms with van der Waals surface area (Å²) in [4.78, 5) is 12.0. The molecular formula is C16H23ClN2O. The molecule has 0 radical (unpaired) electrons. The van der Waals surface area contributed by atoms with Crippen LogP contribution in [0.5, 0.6) is 0 Å². The molecule has 0 aliphatic carbocycles. The molecule has 0 saturated carbocycles. The van der Waals surface area contributed by atoms with Gasteiger partial charge in [-0.25, -0.2) is 0 Å². The maximum Gasteiger partial charge on any atom is 0.220 e. The standard InChI is InChI=1S/C16H23ClN2O/c1-12(14-6-8-18-9-7-14)10-16(20)19-11-13-2-4-15(17)5-3-13/h2-5,12,14,18H,6-11H2,1H3,(H,19,20). The molecule has 20 heavy (non-hydrogen) atoms. The lowest BCUT2D eigenvalue weighted by atomic mass is 9.84. The molecule has 1 aromatic carbocycles. The fourth-order valence-corrected chi connectivity index (χ4v) is 2.87. The Balaban J connectivity index is 1.73. The van der Waals surface area contributed by atoms with Crippen molar-refractivity contribution in [1.29, 1.82) is 0 Å². The van der Waals surface area contributed by atoms with Crippen molar-refractivity contribution in [3.05, 3.63) is 34.9 Å². The van der Waals surface area contributed by atoms with Gasteiger partial charge in [-0.2, -0.15) is 0 Å². The Bertz CT molecular complexity index is 427. The molecule has 1 fully saturated rings. The highest BCUT2D eigenvalue weighted by Crippen LogP contribution is 2.24. The zero-order chi connectivity index (χ0) is 14.4. The zero-order valence-electron chi connectivity index (χ0n) is 12.0. The third-order valence-electron chi connectivity index (χ3n) is 4.10. The first kappa shape index (κ1) is 15.3. The Labute approximate surface area is 126 Å². The van der Waals surface area contributed by atoms with Gasteiger partial charge < -0.3 is 10.6 Å². The number of hydrogen-bond donors (Lipinski definition) is 2. The lowest BCUT2D eigenvalue weighted by Gasteiger charge is -2.27. The predicted octanol–water partition coefficient (Wildman–Crippen LogP) is 2.98. The van der Waals surface area contributed by atoms with Crippen LogP contribution in [0.2, 0.25) is 5.02 Å². The highest BCUT2D eigenvalue weighted by atomic mass is 35.5. The quantitative estimate of drug-likeness (QED) is 0.876. The maximum atomic E-state index is 12.0. The molecule has 3 nitrogen and oxygen atoms in total. The molecule has 1 aliphatic heterocycles. The van der Waals surface area contributed by atoms with E-state index in [4.69, 9.17) is 11.6 Å². The third-order valence-corrected chi connectivity index (χ3v) is 4.35. The molecule has 1 aromatic rings. The van der Waals surface area contributed by atoms with Crippen LogP contribution in [0.3, 0.4) is 0 Å². The largest absolute Gasteiger partial charge is 0.352 e. The summed E-state index contributed by atoms with van der Waals surface area (Å²) in [6.07, 6.45) is 3.00. The number of piperidine rings is 1. The molecule has 0 bridgehead atoms. The molecule has 2 N–H and O–H groups in total. The lowest BCUT2D eigenvalue weighted by Crippen LogP contribution is -2.33. The van der Waals surface area contributed by atoms with Gasteiger partial charge in [0.15, 0.2) is 0 Å². The molecule has 1 amide bonds. The first-order valence-corrected chi connectivity index (χ1v) is 7.75. The van der Waals surface area contributed by atoms with Gasteiger partial charge in [0.2, 0.25) is 5.91 Å². The van der Waals surface area contributed by atoms with E-state index >= 15 is 0 Å². The fraction of sp³-hybridized carbons (Fsp3) is 0.562. The molecule has 1 aliphatic rings. The average Bonchev–Trinajstić information content (AvgIpc) is 2.47. The van der Waals surface area contributed by atoms with Crippen molar-refractivity contribution >= 4 is 17.5 Å². The normalized spacial score (nSPS) is 17.7. The summed E-state index contributed by atoms with van der Waals surface area (Å²) in [5.41, 5.74) is 1.08. The van der Waals surface area contributed by atoms with Crippen molar-refractivity contribution in [2.24, 2.45) is 11.8 Å². The van der Waals surface area contributed by atoms with Gasteiger partial charge in [0, 0.05) is 18.0 Å². The first-order chi connectivity index (χ1) is 9.65. The van der Waals surface area contributed by atoms with E-state index < -0.39 is 0 Å². The molecule has 0 spiro atoms. The molecule has 4 heteroatoms. The van der Waals surface area contributed by atoms with E-state index in [2.05, 4.69) is 17.6 Å². The summed E-state index contributed by atoms with van der Waals surface area (Å²) < 4.78 is 0. The van der Waals surface area contributed by atoms with Crippen LogP contribution in [-0.2, 0) is 11.3 Å². The minimum atomic E-state index is 0.144. The van der Waals surface area contributed by atoms with Crippen LogP contribution in [0, 0.1) is 11.8 Å². The smallest absolute Gasteiger partial charge is 0.220 e. The van der Waals surface area contributed by atoms with E-state index in [1.54, 1.807) is 0 Å². The van der Waals surface area contributed by atoms with Gasteiger partial charge in [0.05, 0.1) is 0 Å². The van der Waals surface area contributed by atoms with Crippen LogP contribution < -0.4 is 10.6 Å². The van der Waals surface area contributed by atoms with Crippen molar-refractivity contribution in [1.82, 2.24) is 10.6 Å². The van der Waals surface area contributed by atoms with Crippen molar-refractivity contribution < 1.29 is 4.79 Å². The topological polar surface area (TPSA) is 41.1 Å². The molecule has 2 rings (SSSR count). The SMILES string of the molecule is CC(CC(=O)NCc1ccc(Cl)cc1)C1CCNCC1. The second-order valence-corrected chi connectivity index (χ2v) is 6.11. The molecule has 1 unspecified atom stereocenters. The van der Waals surface area contributed by atoms with Crippen LogP contribution in [0.4, 0.5) is 0 Å². The zero-order valence-corrected chi connectivity index (χ0v) is 12.7. The van der Waals surface area contributed by atoms with E-state index in [-0.39, 0.29) is 5.91 Å². The highest BCUT2D eigenvalue weighted by Gasteiger charge is 2.21. The summed E-state index contributed by atoms with van der Waals surface area (Å²) in [7, 11) is 0. The minimum absolute atomic E-state index is 0.144. The first-order valence-electron chi connectivity index (χ1n) is 7.37. The van der Waals surface area contributed by atoms with Crippen molar-refractivity contribution in [2.75, 3.05) is 13.1 Å². The second kappa shape index (κ2) is 7.65. The summed E-state index contributed by atoms with van der Waals surface area (Å²) >= 11 is 5.84. The Kier molecular flexibility index (Phi) is 5.86. The summed E-state index contributed by atoms with van der Waals surface area (Å²) in [6, 6.07) is 7.58. The number of amides is 1. The Morgan fingerprint density at radius 3 is 2.65 bits per heavy atom. The van der Waals surface area contributed by atoms with Crippen LogP contribution in [0.1, 0.15) is 31.7 Å². The summed E-state index contributed by atoms with van der Waals surface area (Å²) in [6.45, 7) is 4.94. The monoisotopic (exact) mass is 294 g/mol. The average molecular weight is 295 g/mol. The summed E-state index contributed by atoms with van der Waals surface area (Å²) in [5, 5.41) is 7.08. The number of carbonyl (C=O) groups excluding carboxylic acids is 1. The van der Waals surface area contributed by atoms with Crippen molar-refractivity contribution in [3.8, 4) is 0 Å². The molecule has 1 atom stereocenters. The number of benzene rings is 1. The van der Waals surface area contributed by atoms with Crippen molar-refractivity contribution in [2.45, 2.75) is 32.7 Å². The Morgan fingerprint density at radius 2 is 2.00 bits per heavy atom. The molecule has 1 heterocycles. The molecule has 1 saturated heterocycles. The number of nitrogens with one attached hydrogen (secondary N) is 2. The summed E-state index contributed by atoms with van der Waals surface area (Å²) in [5.74, 6) is 1.28. The minimum Gasteiger partial charge on any atom is -0.352 e. The lowest BCUT2D eigenvalue weighted by molar-refractivity contribution is -0.122. The fourth-order valence-electron chi connectivity index (χ4n) is 2.75. The van der Waals surface area contributed by atoms with Crippen LogP contribution in [0.15, 0.2) is 24.3 Å². The van der Waals surface area contributed by atoms with E-state index in [0.29, 0.717) is 24.8 Å². The molecular weight excluding hydrogens is 272 g/mol. The van der Waals surface area contributed by atoms with E-state index in [9.17, 15) is 4.79 Å². The number of halogens is 1. The van der Waals surface area contributed by atoms with E-state index in [0.717, 1.165) is 23.7 Å². The van der Waals surface area contributed by atoms with Gasteiger partial charge in [0.1, 0.15) is 0 Å². The van der Waals surface area contributed by atoms with Gasteiger partial charge in [-0.05, 0) is 55.5 Å². The number of rotatable bonds is 5. The van der Waals surface area contributed by atoms with Crippen molar-refractivity contribution in [3.63, 3.8) is 0 Å². The van der Waals surface area contributed by atoms with Crippen LogP contribution in [-0.4, -0.2) is 19.0 Å². The van der Waals surface area contributed by atoms with Crippen LogP contribution >= 0.6 is 11.6 Å². The van der Waals surface area contributed by atoms with Gasteiger partial charge in [-0.3, -0.25) is 4.79 Å². The van der Waals surface area contributed by atoms with E-state index in [1.165, 1.54) is 12.8 Å². The number of carbonyl (C=O) groups is 1. The third kappa shape index (κ3) is 4.80. The maximum absolute atomic E-state index is 12.0. The number of hydrogen-bond acceptors (Lipinski definition) is 2. The Morgan fingerprint density at radius 1 is 1.35 bits per heavy atom. The van der Waals surface area contributed by atoms with Gasteiger partial charge in [-0.15, -0.1) is 0 Å². The highest BCUT2D eigenvalue weighted by molar-refractivity contribution is 6.30. The molecule has 110 valence electrons. The van der Waals surface area contributed by atoms with E-state index in [1.807, 2.05) is 24.3 Å². The van der Waals surface area contributed by atoms with Crippen LogP contribution in [0.25, 0.3) is 0 Å². The van der Waals surface area contributed by atoms with Gasteiger partial charge in [0.25, 0.3) is 0 Å². The van der Waals surface area contributed by atoms with Gasteiger partial charge in [-0.1, -0.05) is 30.7 Å². The molecule has 0 aromatic heterocycles. The predicted molar refractivity (Wildman–Crippen MR) is 82.7 cm³/mol. The van der Waals surface area contributed by atoms with Gasteiger partial charge >= 0.3 is 0 Å².